The first-order valence-corrected chi connectivity index (χ1v) is 12.3. The van der Waals surface area contributed by atoms with Gasteiger partial charge in [0.05, 0.1) is 6.61 Å². The SMILES string of the molecule is O=C(O)C(F)(F)F.O=S1(=O)NCC2(CCN(CCc3ccccc3)CC2)COc2ccccc21. The molecule has 186 valence electrons. The highest BCUT2D eigenvalue weighted by atomic mass is 32.2. The lowest BCUT2D eigenvalue weighted by molar-refractivity contribution is -0.192. The Kier molecular flexibility index (Phi) is 8.21. The molecule has 0 radical (unpaired) electrons. The minimum Gasteiger partial charge on any atom is -0.492 e. The van der Waals surface area contributed by atoms with E-state index < -0.39 is 22.2 Å². The maximum absolute atomic E-state index is 12.6. The number of ether oxygens (including phenoxy) is 1. The monoisotopic (exact) mass is 500 g/mol. The second-order valence-electron chi connectivity index (χ2n) is 8.44. The lowest BCUT2D eigenvalue weighted by atomic mass is 9.79. The molecule has 2 aromatic carbocycles. The van der Waals surface area contributed by atoms with Crippen molar-refractivity contribution in [3.63, 3.8) is 0 Å². The number of carboxylic acids is 1. The number of rotatable bonds is 3. The number of hydrogen-bond acceptors (Lipinski definition) is 5. The van der Waals surface area contributed by atoms with Crippen LogP contribution in [-0.4, -0.2) is 63.4 Å². The number of carbonyl (C=O) groups is 1. The zero-order valence-electron chi connectivity index (χ0n) is 18.4. The van der Waals surface area contributed by atoms with Gasteiger partial charge in [0, 0.05) is 18.5 Å². The van der Waals surface area contributed by atoms with Gasteiger partial charge in [-0.15, -0.1) is 0 Å². The van der Waals surface area contributed by atoms with Crippen LogP contribution in [0.25, 0.3) is 0 Å². The molecule has 0 saturated carbocycles. The van der Waals surface area contributed by atoms with Crippen molar-refractivity contribution in [2.24, 2.45) is 5.41 Å². The van der Waals surface area contributed by atoms with Gasteiger partial charge in [-0.2, -0.15) is 13.2 Å². The quantitative estimate of drug-likeness (QED) is 0.672. The zero-order chi connectivity index (χ0) is 24.8. The zero-order valence-corrected chi connectivity index (χ0v) is 19.2. The lowest BCUT2D eigenvalue weighted by Crippen LogP contribution is -2.50. The smallest absolute Gasteiger partial charge is 0.490 e. The molecular weight excluding hydrogens is 473 g/mol. The summed E-state index contributed by atoms with van der Waals surface area (Å²) in [4.78, 5) is 11.6. The fourth-order valence-electron chi connectivity index (χ4n) is 3.90. The van der Waals surface area contributed by atoms with Crippen molar-refractivity contribution in [1.82, 2.24) is 9.62 Å². The number of carboxylic acid groups (broad SMARTS) is 1. The van der Waals surface area contributed by atoms with Gasteiger partial charge in [-0.25, -0.2) is 17.9 Å². The average molecular weight is 501 g/mol. The Labute approximate surface area is 196 Å². The predicted octanol–water partition coefficient (Wildman–Crippen LogP) is 3.32. The highest BCUT2D eigenvalue weighted by molar-refractivity contribution is 7.89. The molecule has 2 aromatic rings. The molecule has 4 rings (SSSR count). The molecule has 34 heavy (non-hydrogen) atoms. The van der Waals surface area contributed by atoms with Gasteiger partial charge in [-0.3, -0.25) is 0 Å². The summed E-state index contributed by atoms with van der Waals surface area (Å²) in [7, 11) is -3.53. The van der Waals surface area contributed by atoms with Crippen molar-refractivity contribution in [2.45, 2.75) is 30.3 Å². The average Bonchev–Trinajstić information content (AvgIpc) is 2.81. The van der Waals surface area contributed by atoms with Gasteiger partial charge in [0.1, 0.15) is 10.6 Å². The van der Waals surface area contributed by atoms with Crippen LogP contribution in [0.15, 0.2) is 59.5 Å². The first kappa shape index (κ1) is 26.0. The number of nitrogens with one attached hydrogen (secondary N) is 1. The highest BCUT2D eigenvalue weighted by Crippen LogP contribution is 2.35. The molecule has 1 saturated heterocycles. The van der Waals surface area contributed by atoms with Gasteiger partial charge in [0.25, 0.3) is 0 Å². The summed E-state index contributed by atoms with van der Waals surface area (Å²) >= 11 is 0. The Hall–Kier alpha value is -2.63. The predicted molar refractivity (Wildman–Crippen MR) is 119 cm³/mol. The second-order valence-corrected chi connectivity index (χ2v) is 10.2. The fraction of sp³-hybridized carbons (Fsp3) is 0.435. The van der Waals surface area contributed by atoms with Crippen LogP contribution in [0.3, 0.4) is 0 Å². The van der Waals surface area contributed by atoms with Crippen LogP contribution in [-0.2, 0) is 21.2 Å². The topological polar surface area (TPSA) is 95.9 Å². The number of nitrogens with zero attached hydrogens (tertiary/aromatic N) is 1. The van der Waals surface area contributed by atoms with E-state index in [0.29, 0.717) is 18.9 Å². The summed E-state index contributed by atoms with van der Waals surface area (Å²) in [6.45, 7) is 3.98. The van der Waals surface area contributed by atoms with Crippen LogP contribution < -0.4 is 9.46 Å². The summed E-state index contributed by atoms with van der Waals surface area (Å²) in [5, 5.41) is 7.12. The van der Waals surface area contributed by atoms with Crippen LogP contribution in [0.1, 0.15) is 18.4 Å². The standard InChI is InChI=1S/C21H26N2O3S.C2HF3O2/c24-27(25)20-9-5-4-8-19(20)26-17-21(16-22-27)11-14-23(15-12-21)13-10-18-6-2-1-3-7-18;3-2(4,5)1(6)7/h1-9,22H,10-17H2;(H,6,7). The van der Waals surface area contributed by atoms with E-state index in [0.717, 1.165) is 38.9 Å². The maximum Gasteiger partial charge on any atom is 0.490 e. The van der Waals surface area contributed by atoms with Crippen molar-refractivity contribution in [3.05, 3.63) is 60.2 Å². The van der Waals surface area contributed by atoms with E-state index in [1.807, 2.05) is 12.1 Å². The molecule has 0 atom stereocenters. The molecule has 2 aliphatic heterocycles. The Morgan fingerprint density at radius 2 is 1.65 bits per heavy atom. The minimum absolute atomic E-state index is 0.135. The molecule has 0 bridgehead atoms. The van der Waals surface area contributed by atoms with E-state index in [1.165, 1.54) is 5.56 Å². The van der Waals surface area contributed by atoms with Gasteiger partial charge in [-0.1, -0.05) is 42.5 Å². The normalized spacial score (nSPS) is 19.5. The maximum atomic E-state index is 12.6. The Balaban J connectivity index is 0.000000406. The van der Waals surface area contributed by atoms with E-state index in [2.05, 4.69) is 33.9 Å². The molecular formula is C23H27F3N2O5S. The lowest BCUT2D eigenvalue weighted by Gasteiger charge is -2.42. The number of para-hydroxylation sites is 1. The highest BCUT2D eigenvalue weighted by Gasteiger charge is 2.39. The van der Waals surface area contributed by atoms with Crippen LogP contribution in [0, 0.1) is 5.41 Å². The summed E-state index contributed by atoms with van der Waals surface area (Å²) in [6, 6.07) is 17.4. The van der Waals surface area contributed by atoms with E-state index in [4.69, 9.17) is 14.6 Å². The molecule has 1 fully saturated rings. The number of likely N-dealkylation sites (tertiary alicyclic amines) is 1. The number of hydrogen-bond donors (Lipinski definition) is 2. The summed E-state index contributed by atoms with van der Waals surface area (Å²) in [5.41, 5.74) is 1.22. The number of alkyl halides is 3. The third kappa shape index (κ3) is 6.94. The number of fused-ring (bicyclic) bond motifs is 1. The number of benzene rings is 2. The third-order valence-electron chi connectivity index (χ3n) is 6.03. The number of aliphatic carboxylic acids is 1. The second kappa shape index (κ2) is 10.7. The molecule has 2 heterocycles. The van der Waals surface area contributed by atoms with Crippen LogP contribution >= 0.6 is 0 Å². The van der Waals surface area contributed by atoms with Crippen LogP contribution in [0.2, 0.25) is 0 Å². The van der Waals surface area contributed by atoms with E-state index in [9.17, 15) is 21.6 Å². The number of piperidine rings is 1. The van der Waals surface area contributed by atoms with E-state index in [-0.39, 0.29) is 10.3 Å². The van der Waals surface area contributed by atoms with Crippen molar-refractivity contribution in [1.29, 1.82) is 0 Å². The van der Waals surface area contributed by atoms with E-state index >= 15 is 0 Å². The van der Waals surface area contributed by atoms with Crippen LogP contribution in [0.4, 0.5) is 13.2 Å². The summed E-state index contributed by atoms with van der Waals surface area (Å²) in [6.07, 6.45) is -2.16. The minimum atomic E-state index is -5.08. The molecule has 0 unspecified atom stereocenters. The van der Waals surface area contributed by atoms with Crippen molar-refractivity contribution in [3.8, 4) is 5.75 Å². The first-order chi connectivity index (χ1) is 16.0. The molecule has 2 N–H and O–H groups in total. The van der Waals surface area contributed by atoms with Crippen molar-refractivity contribution < 1.29 is 36.2 Å². The Morgan fingerprint density at radius 3 is 2.26 bits per heavy atom. The summed E-state index contributed by atoms with van der Waals surface area (Å²) < 4.78 is 65.7. The number of sulfonamides is 1. The van der Waals surface area contributed by atoms with Gasteiger partial charge < -0.3 is 14.7 Å². The summed E-state index contributed by atoms with van der Waals surface area (Å²) in [5.74, 6) is -2.30. The molecule has 7 nitrogen and oxygen atoms in total. The molecule has 0 amide bonds. The van der Waals surface area contributed by atoms with Gasteiger partial charge in [-0.05, 0) is 50.0 Å². The van der Waals surface area contributed by atoms with E-state index in [1.54, 1.807) is 18.2 Å². The van der Waals surface area contributed by atoms with Gasteiger partial charge in [0.15, 0.2) is 0 Å². The van der Waals surface area contributed by atoms with Gasteiger partial charge in [0.2, 0.25) is 10.0 Å². The number of halogens is 3. The first-order valence-electron chi connectivity index (χ1n) is 10.8. The molecule has 2 aliphatic rings. The molecule has 0 aliphatic carbocycles. The van der Waals surface area contributed by atoms with Crippen LogP contribution in [0.5, 0.6) is 5.75 Å². The molecule has 0 aromatic heterocycles. The Bertz CT molecular complexity index is 1070. The van der Waals surface area contributed by atoms with Crippen molar-refractivity contribution in [2.75, 3.05) is 32.8 Å². The Morgan fingerprint density at radius 1 is 1.06 bits per heavy atom. The third-order valence-corrected chi connectivity index (χ3v) is 7.47. The molecule has 11 heteroatoms. The largest absolute Gasteiger partial charge is 0.492 e. The van der Waals surface area contributed by atoms with Gasteiger partial charge >= 0.3 is 12.1 Å². The fourth-order valence-corrected chi connectivity index (χ4v) is 5.20. The molecule has 1 spiro atoms. The van der Waals surface area contributed by atoms with Crippen molar-refractivity contribution >= 4 is 16.0 Å².